The lowest BCUT2D eigenvalue weighted by Gasteiger charge is -2.16. The average Bonchev–Trinajstić information content (AvgIpc) is 3.23. The number of benzene rings is 1. The molecule has 0 spiro atoms. The number of aromatic nitrogens is 2. The van der Waals surface area contributed by atoms with Gasteiger partial charge in [-0.3, -0.25) is 4.79 Å². The molecule has 7 heteroatoms. The van der Waals surface area contributed by atoms with Crippen LogP contribution in [-0.2, 0) is 11.3 Å². The molecule has 0 N–H and O–H groups in total. The maximum atomic E-state index is 12.3. The van der Waals surface area contributed by atoms with Crippen LogP contribution in [0, 0.1) is 13.8 Å². The molecular weight excluding hydrogens is 354 g/mol. The van der Waals surface area contributed by atoms with Gasteiger partial charge in [0.15, 0.2) is 0 Å². The maximum absolute atomic E-state index is 12.3. The summed E-state index contributed by atoms with van der Waals surface area (Å²) in [5.41, 5.74) is 3.27. The van der Waals surface area contributed by atoms with Gasteiger partial charge in [-0.15, -0.1) is 21.5 Å². The van der Waals surface area contributed by atoms with Gasteiger partial charge in [0.05, 0.1) is 12.3 Å². The molecule has 0 radical (unpaired) electrons. The van der Waals surface area contributed by atoms with Crippen LogP contribution in [0.5, 0.6) is 0 Å². The van der Waals surface area contributed by atoms with Crippen molar-refractivity contribution in [2.45, 2.75) is 25.6 Å². The van der Waals surface area contributed by atoms with Gasteiger partial charge in [-0.05, 0) is 43.0 Å². The quantitative estimate of drug-likeness (QED) is 0.607. The van der Waals surface area contributed by atoms with Crippen molar-refractivity contribution in [3.05, 3.63) is 51.7 Å². The highest BCUT2D eigenvalue weighted by Crippen LogP contribution is 2.24. The van der Waals surface area contributed by atoms with Gasteiger partial charge in [0.1, 0.15) is 0 Å². The van der Waals surface area contributed by atoms with Gasteiger partial charge in [-0.2, -0.15) is 0 Å². The minimum atomic E-state index is 0.0351. The number of amides is 1. The second-order valence-corrected chi connectivity index (χ2v) is 7.73. The molecule has 0 atom stereocenters. The van der Waals surface area contributed by atoms with Crippen molar-refractivity contribution < 1.29 is 9.21 Å². The average molecular weight is 374 g/mol. The van der Waals surface area contributed by atoms with E-state index < -0.39 is 0 Å². The van der Waals surface area contributed by atoms with Crippen molar-refractivity contribution in [2.24, 2.45) is 0 Å². The van der Waals surface area contributed by atoms with Crippen molar-refractivity contribution in [3.63, 3.8) is 0 Å². The number of thiophene rings is 1. The summed E-state index contributed by atoms with van der Waals surface area (Å²) in [4.78, 5) is 15.2. The Morgan fingerprint density at radius 2 is 1.96 bits per heavy atom. The first kappa shape index (κ1) is 17.7. The molecule has 0 saturated carbocycles. The third-order valence-corrected chi connectivity index (χ3v) is 5.61. The summed E-state index contributed by atoms with van der Waals surface area (Å²) < 4.78 is 5.64. The van der Waals surface area contributed by atoms with Crippen LogP contribution < -0.4 is 0 Å². The van der Waals surface area contributed by atoms with Crippen LogP contribution in [0.4, 0.5) is 0 Å². The van der Waals surface area contributed by atoms with E-state index in [1.165, 1.54) is 27.8 Å². The number of hydrogen-bond donors (Lipinski definition) is 0. The summed E-state index contributed by atoms with van der Waals surface area (Å²) in [5.74, 6) is 0.779. The highest BCUT2D eigenvalue weighted by Gasteiger charge is 2.15. The SMILES string of the molecule is Cc1ccc(-c2nnc(SCC(=O)N(C)Cc3sccc3C)o2)cc1. The molecule has 0 bridgehead atoms. The molecule has 1 aromatic carbocycles. The Morgan fingerprint density at radius 1 is 1.20 bits per heavy atom. The largest absolute Gasteiger partial charge is 0.411 e. The van der Waals surface area contributed by atoms with E-state index in [1.54, 1.807) is 16.2 Å². The summed E-state index contributed by atoms with van der Waals surface area (Å²) in [6.45, 7) is 4.71. The molecular formula is C18H19N3O2S2. The van der Waals surface area contributed by atoms with Crippen LogP contribution in [0.15, 0.2) is 45.4 Å². The summed E-state index contributed by atoms with van der Waals surface area (Å²) in [6, 6.07) is 9.95. The summed E-state index contributed by atoms with van der Waals surface area (Å²) in [6.07, 6.45) is 0. The molecule has 130 valence electrons. The Balaban J connectivity index is 1.55. The lowest BCUT2D eigenvalue weighted by atomic mass is 10.1. The number of nitrogens with zero attached hydrogens (tertiary/aromatic N) is 3. The summed E-state index contributed by atoms with van der Waals surface area (Å²) in [5, 5.41) is 10.5. The van der Waals surface area contributed by atoms with Crippen molar-refractivity contribution in [3.8, 4) is 11.5 Å². The van der Waals surface area contributed by atoms with Crippen molar-refractivity contribution >= 4 is 29.0 Å². The molecule has 3 rings (SSSR count). The Morgan fingerprint density at radius 3 is 2.64 bits per heavy atom. The van der Waals surface area contributed by atoms with Gasteiger partial charge in [0.25, 0.3) is 5.22 Å². The molecule has 2 aromatic heterocycles. The molecule has 0 aliphatic rings. The molecule has 0 unspecified atom stereocenters. The standard InChI is InChI=1S/C18H19N3O2S2/c1-12-4-6-14(7-5-12)17-19-20-18(23-17)25-11-16(22)21(3)10-15-13(2)8-9-24-15/h4-9H,10-11H2,1-3H3. The monoisotopic (exact) mass is 373 g/mol. The van der Waals surface area contributed by atoms with E-state index in [9.17, 15) is 4.79 Å². The fraction of sp³-hybridized carbons (Fsp3) is 0.278. The van der Waals surface area contributed by atoms with Crippen LogP contribution >= 0.6 is 23.1 Å². The van der Waals surface area contributed by atoms with Crippen LogP contribution in [0.25, 0.3) is 11.5 Å². The molecule has 0 aliphatic carbocycles. The highest BCUT2D eigenvalue weighted by molar-refractivity contribution is 7.99. The number of aryl methyl sites for hydroxylation is 2. The summed E-state index contributed by atoms with van der Waals surface area (Å²) >= 11 is 2.93. The molecule has 3 aromatic rings. The Labute approximate surface area is 155 Å². The first-order valence-corrected chi connectivity index (χ1v) is 9.69. The zero-order chi connectivity index (χ0) is 17.8. The Kier molecular flexibility index (Phi) is 5.55. The Hall–Kier alpha value is -2.12. The highest BCUT2D eigenvalue weighted by atomic mass is 32.2. The van der Waals surface area contributed by atoms with Gasteiger partial charge in [0, 0.05) is 17.5 Å². The molecule has 5 nitrogen and oxygen atoms in total. The fourth-order valence-corrected chi connectivity index (χ4v) is 3.85. The predicted octanol–water partition coefficient (Wildman–Crippen LogP) is 4.17. The zero-order valence-electron chi connectivity index (χ0n) is 14.4. The first-order valence-electron chi connectivity index (χ1n) is 7.83. The van der Waals surface area contributed by atoms with Gasteiger partial charge < -0.3 is 9.32 Å². The van der Waals surface area contributed by atoms with Crippen LogP contribution in [0.3, 0.4) is 0 Å². The number of hydrogen-bond acceptors (Lipinski definition) is 6. The number of carbonyl (C=O) groups excluding carboxylic acids is 1. The second kappa shape index (κ2) is 7.84. The number of rotatable bonds is 6. The van der Waals surface area contributed by atoms with Crippen LogP contribution in [-0.4, -0.2) is 33.8 Å². The van der Waals surface area contributed by atoms with Gasteiger partial charge >= 0.3 is 0 Å². The third kappa shape index (κ3) is 4.49. The van der Waals surface area contributed by atoms with Crippen LogP contribution in [0.1, 0.15) is 16.0 Å². The Bertz CT molecular complexity index is 855. The maximum Gasteiger partial charge on any atom is 0.277 e. The van der Waals surface area contributed by atoms with Crippen molar-refractivity contribution in [1.29, 1.82) is 0 Å². The lowest BCUT2D eigenvalue weighted by Crippen LogP contribution is -2.27. The van der Waals surface area contributed by atoms with E-state index in [-0.39, 0.29) is 11.7 Å². The van der Waals surface area contributed by atoms with Crippen LogP contribution in [0.2, 0.25) is 0 Å². The van der Waals surface area contributed by atoms with Crippen molar-refractivity contribution in [1.82, 2.24) is 15.1 Å². The number of thioether (sulfide) groups is 1. The topological polar surface area (TPSA) is 59.2 Å². The van der Waals surface area contributed by atoms with Gasteiger partial charge in [-0.25, -0.2) is 0 Å². The first-order chi connectivity index (χ1) is 12.0. The number of carbonyl (C=O) groups is 1. The normalized spacial score (nSPS) is 10.8. The van der Waals surface area contributed by atoms with E-state index >= 15 is 0 Å². The van der Waals surface area contributed by atoms with E-state index in [4.69, 9.17) is 4.42 Å². The summed E-state index contributed by atoms with van der Waals surface area (Å²) in [7, 11) is 1.81. The predicted molar refractivity (Wildman–Crippen MR) is 101 cm³/mol. The van der Waals surface area contributed by atoms with E-state index in [0.29, 0.717) is 17.7 Å². The zero-order valence-corrected chi connectivity index (χ0v) is 16.0. The molecule has 0 fully saturated rings. The van der Waals surface area contributed by atoms with Gasteiger partial charge in [0.2, 0.25) is 11.8 Å². The minimum Gasteiger partial charge on any atom is -0.411 e. The molecule has 0 aliphatic heterocycles. The molecule has 2 heterocycles. The second-order valence-electron chi connectivity index (χ2n) is 5.80. The molecule has 25 heavy (non-hydrogen) atoms. The van der Waals surface area contributed by atoms with E-state index in [1.807, 2.05) is 43.6 Å². The van der Waals surface area contributed by atoms with E-state index in [2.05, 4.69) is 23.2 Å². The van der Waals surface area contributed by atoms with Crippen molar-refractivity contribution in [2.75, 3.05) is 12.8 Å². The fourth-order valence-electron chi connectivity index (χ4n) is 2.18. The molecule has 1 amide bonds. The van der Waals surface area contributed by atoms with Gasteiger partial charge in [-0.1, -0.05) is 29.5 Å². The molecule has 0 saturated heterocycles. The smallest absolute Gasteiger partial charge is 0.277 e. The third-order valence-electron chi connectivity index (χ3n) is 3.80. The van der Waals surface area contributed by atoms with E-state index in [0.717, 1.165) is 5.56 Å². The minimum absolute atomic E-state index is 0.0351. The lowest BCUT2D eigenvalue weighted by molar-refractivity contribution is -0.127.